The van der Waals surface area contributed by atoms with Gasteiger partial charge >= 0.3 is 0 Å². The molecular formula is C22H27NO4S. The lowest BCUT2D eigenvalue weighted by molar-refractivity contribution is 0.0759. The van der Waals surface area contributed by atoms with Crippen LogP contribution in [0, 0.1) is 0 Å². The van der Waals surface area contributed by atoms with Crippen LogP contribution in [0.2, 0.25) is 0 Å². The summed E-state index contributed by atoms with van der Waals surface area (Å²) in [5, 5.41) is -0.0990. The van der Waals surface area contributed by atoms with Crippen LogP contribution in [0.3, 0.4) is 0 Å². The largest absolute Gasteiger partial charge is 0.494 e. The number of para-hydroxylation sites is 1. The molecule has 1 fully saturated rings. The predicted molar refractivity (Wildman–Crippen MR) is 113 cm³/mol. The number of amides is 1. The van der Waals surface area contributed by atoms with Gasteiger partial charge in [0.15, 0.2) is 11.5 Å². The van der Waals surface area contributed by atoms with Gasteiger partial charge < -0.3 is 19.1 Å². The van der Waals surface area contributed by atoms with E-state index in [1.165, 1.54) is 0 Å². The standard InChI is InChI=1S/C22H27NO4S/c1-4-5-14-27-17-11-9-16(10-12-17)21(24)23-13-15-28-22(23)18-7-6-8-19(25-2)20(18)26-3/h6-12,22H,4-5,13-15H2,1-3H3. The van der Waals surface area contributed by atoms with E-state index in [1.54, 1.807) is 26.0 Å². The third kappa shape index (κ3) is 4.38. The molecule has 1 heterocycles. The van der Waals surface area contributed by atoms with Gasteiger partial charge in [0.1, 0.15) is 11.1 Å². The van der Waals surface area contributed by atoms with E-state index < -0.39 is 0 Å². The summed E-state index contributed by atoms with van der Waals surface area (Å²) < 4.78 is 16.7. The van der Waals surface area contributed by atoms with Gasteiger partial charge in [-0.25, -0.2) is 0 Å². The molecule has 5 nitrogen and oxygen atoms in total. The Morgan fingerprint density at radius 1 is 1.14 bits per heavy atom. The van der Waals surface area contributed by atoms with Crippen LogP contribution in [0.1, 0.15) is 41.1 Å². The number of rotatable bonds is 8. The summed E-state index contributed by atoms with van der Waals surface area (Å²) in [7, 11) is 3.25. The van der Waals surface area contributed by atoms with E-state index in [9.17, 15) is 4.79 Å². The SMILES string of the molecule is CCCCOc1ccc(C(=O)N2CCSC2c2cccc(OC)c2OC)cc1. The Bertz CT molecular complexity index is 794. The van der Waals surface area contributed by atoms with E-state index >= 15 is 0 Å². The number of hydrogen-bond acceptors (Lipinski definition) is 5. The number of thioether (sulfide) groups is 1. The third-order valence-electron chi connectivity index (χ3n) is 4.72. The molecule has 6 heteroatoms. The van der Waals surface area contributed by atoms with Crippen molar-refractivity contribution < 1.29 is 19.0 Å². The Kier molecular flexibility index (Phi) is 7.09. The fraction of sp³-hybridized carbons (Fsp3) is 0.409. The van der Waals surface area contributed by atoms with Crippen molar-refractivity contribution in [2.24, 2.45) is 0 Å². The fourth-order valence-electron chi connectivity index (χ4n) is 3.24. The minimum Gasteiger partial charge on any atom is -0.494 e. The summed E-state index contributed by atoms with van der Waals surface area (Å²) in [6.07, 6.45) is 2.12. The molecule has 1 aliphatic heterocycles. The van der Waals surface area contributed by atoms with Crippen LogP contribution < -0.4 is 14.2 Å². The first kappa shape index (κ1) is 20.4. The average Bonchev–Trinajstić information content (AvgIpc) is 3.23. The Morgan fingerprint density at radius 2 is 1.93 bits per heavy atom. The van der Waals surface area contributed by atoms with Crippen LogP contribution in [0.4, 0.5) is 0 Å². The quantitative estimate of drug-likeness (QED) is 0.596. The molecule has 0 N–H and O–H groups in total. The lowest BCUT2D eigenvalue weighted by atomic mass is 10.1. The van der Waals surface area contributed by atoms with Crippen molar-refractivity contribution in [1.29, 1.82) is 0 Å². The third-order valence-corrected chi connectivity index (χ3v) is 5.96. The number of carbonyl (C=O) groups is 1. The van der Waals surface area contributed by atoms with Crippen LogP contribution in [-0.4, -0.2) is 43.9 Å². The van der Waals surface area contributed by atoms with Crippen molar-refractivity contribution >= 4 is 17.7 Å². The molecule has 0 saturated carbocycles. The molecule has 0 bridgehead atoms. The van der Waals surface area contributed by atoms with Crippen molar-refractivity contribution in [1.82, 2.24) is 4.90 Å². The van der Waals surface area contributed by atoms with Gasteiger partial charge in [0.05, 0.1) is 20.8 Å². The smallest absolute Gasteiger partial charge is 0.255 e. The first-order valence-electron chi connectivity index (χ1n) is 9.56. The maximum Gasteiger partial charge on any atom is 0.255 e. The molecule has 2 aromatic rings. The maximum atomic E-state index is 13.2. The van der Waals surface area contributed by atoms with Crippen molar-refractivity contribution in [3.8, 4) is 17.2 Å². The van der Waals surface area contributed by atoms with Gasteiger partial charge in [0.2, 0.25) is 0 Å². The predicted octanol–water partition coefficient (Wildman–Crippen LogP) is 4.77. The monoisotopic (exact) mass is 401 g/mol. The van der Waals surface area contributed by atoms with Crippen LogP contribution in [0.15, 0.2) is 42.5 Å². The zero-order valence-corrected chi connectivity index (χ0v) is 17.5. The van der Waals surface area contributed by atoms with E-state index in [0.717, 1.165) is 29.9 Å². The number of unbranched alkanes of at least 4 members (excludes halogenated alkanes) is 1. The molecule has 28 heavy (non-hydrogen) atoms. The summed E-state index contributed by atoms with van der Waals surface area (Å²) in [4.78, 5) is 15.1. The van der Waals surface area contributed by atoms with Crippen LogP contribution in [0.5, 0.6) is 17.2 Å². The number of nitrogens with zero attached hydrogens (tertiary/aromatic N) is 1. The lowest BCUT2D eigenvalue weighted by Crippen LogP contribution is -2.30. The highest BCUT2D eigenvalue weighted by molar-refractivity contribution is 7.99. The molecule has 0 spiro atoms. The van der Waals surface area contributed by atoms with Gasteiger partial charge in [0, 0.05) is 23.4 Å². The van der Waals surface area contributed by atoms with E-state index in [2.05, 4.69) is 6.92 Å². The van der Waals surface area contributed by atoms with Crippen molar-refractivity contribution in [3.05, 3.63) is 53.6 Å². The van der Waals surface area contributed by atoms with Crippen molar-refractivity contribution in [3.63, 3.8) is 0 Å². The van der Waals surface area contributed by atoms with Crippen LogP contribution in [-0.2, 0) is 0 Å². The normalized spacial score (nSPS) is 16.1. The van der Waals surface area contributed by atoms with Gasteiger partial charge in [-0.3, -0.25) is 4.79 Å². The molecule has 150 valence electrons. The summed E-state index contributed by atoms with van der Waals surface area (Å²) in [6, 6.07) is 13.2. The average molecular weight is 402 g/mol. The van der Waals surface area contributed by atoms with E-state index in [4.69, 9.17) is 14.2 Å². The van der Waals surface area contributed by atoms with E-state index in [1.807, 2.05) is 47.4 Å². The van der Waals surface area contributed by atoms with Gasteiger partial charge in [-0.05, 0) is 36.8 Å². The van der Waals surface area contributed by atoms with Gasteiger partial charge in [-0.15, -0.1) is 11.8 Å². The minimum atomic E-state index is -0.0990. The lowest BCUT2D eigenvalue weighted by Gasteiger charge is -2.26. The van der Waals surface area contributed by atoms with Crippen LogP contribution >= 0.6 is 11.8 Å². The molecule has 1 unspecified atom stereocenters. The summed E-state index contributed by atoms with van der Waals surface area (Å²) >= 11 is 1.74. The van der Waals surface area contributed by atoms with E-state index in [-0.39, 0.29) is 11.3 Å². The molecule has 0 aliphatic carbocycles. The fourth-order valence-corrected chi connectivity index (χ4v) is 4.51. The first-order valence-corrected chi connectivity index (χ1v) is 10.6. The Labute approximate surface area is 171 Å². The van der Waals surface area contributed by atoms with E-state index in [0.29, 0.717) is 30.2 Å². The maximum absolute atomic E-state index is 13.2. The molecule has 1 amide bonds. The van der Waals surface area contributed by atoms with Gasteiger partial charge in [-0.1, -0.05) is 25.5 Å². The minimum absolute atomic E-state index is 0.0139. The van der Waals surface area contributed by atoms with Gasteiger partial charge in [-0.2, -0.15) is 0 Å². The highest BCUT2D eigenvalue weighted by Gasteiger charge is 2.33. The number of hydrogen-bond donors (Lipinski definition) is 0. The highest BCUT2D eigenvalue weighted by atomic mass is 32.2. The molecular weight excluding hydrogens is 374 g/mol. The second-order valence-corrected chi connectivity index (χ2v) is 7.72. The van der Waals surface area contributed by atoms with Crippen LogP contribution in [0.25, 0.3) is 0 Å². The Balaban J connectivity index is 1.78. The molecule has 1 saturated heterocycles. The Morgan fingerprint density at radius 3 is 2.61 bits per heavy atom. The molecule has 1 aliphatic rings. The number of carbonyl (C=O) groups excluding carboxylic acids is 1. The second-order valence-electron chi connectivity index (χ2n) is 6.53. The molecule has 3 rings (SSSR count). The Hall–Kier alpha value is -2.34. The molecule has 2 aromatic carbocycles. The number of benzene rings is 2. The highest BCUT2D eigenvalue weighted by Crippen LogP contribution is 2.45. The number of methoxy groups -OCH3 is 2. The van der Waals surface area contributed by atoms with Crippen molar-refractivity contribution in [2.45, 2.75) is 25.1 Å². The topological polar surface area (TPSA) is 48.0 Å². The second kappa shape index (κ2) is 9.73. The summed E-state index contributed by atoms with van der Waals surface area (Å²) in [5.74, 6) is 3.05. The number of ether oxygens (including phenoxy) is 3. The van der Waals surface area contributed by atoms with Crippen molar-refractivity contribution in [2.75, 3.05) is 33.1 Å². The molecule has 1 atom stereocenters. The van der Waals surface area contributed by atoms with Gasteiger partial charge in [0.25, 0.3) is 5.91 Å². The summed E-state index contributed by atoms with van der Waals surface area (Å²) in [6.45, 7) is 3.53. The zero-order valence-electron chi connectivity index (χ0n) is 16.6. The summed E-state index contributed by atoms with van der Waals surface area (Å²) in [5.41, 5.74) is 1.62. The molecule has 0 aromatic heterocycles. The zero-order chi connectivity index (χ0) is 19.9. The first-order chi connectivity index (χ1) is 13.7. The molecule has 0 radical (unpaired) electrons.